The Balaban J connectivity index is 1.80. The van der Waals surface area contributed by atoms with E-state index in [-0.39, 0.29) is 11.1 Å². The first-order valence-electron chi connectivity index (χ1n) is 6.90. The van der Waals surface area contributed by atoms with Crippen LogP contribution in [0.2, 0.25) is 0 Å². The standard InChI is InChI=1S/C17H10N2O3S/c20-16-14(23-17(21)18-16)9-10-6-7-13-12(8-10)15(22-19-13)11-4-2-1-3-5-11/h1-9H,(H,18,20,21). The number of imide groups is 1. The van der Waals surface area contributed by atoms with E-state index in [0.29, 0.717) is 10.7 Å². The van der Waals surface area contributed by atoms with Gasteiger partial charge in [-0.2, -0.15) is 0 Å². The second-order valence-corrected chi connectivity index (χ2v) is 6.02. The fourth-order valence-electron chi connectivity index (χ4n) is 2.42. The average molecular weight is 322 g/mol. The molecule has 1 aliphatic heterocycles. The van der Waals surface area contributed by atoms with Gasteiger partial charge in [0.25, 0.3) is 11.1 Å². The molecule has 1 fully saturated rings. The Morgan fingerprint density at radius 2 is 1.91 bits per heavy atom. The summed E-state index contributed by atoms with van der Waals surface area (Å²) in [5, 5.41) is 6.81. The van der Waals surface area contributed by atoms with E-state index in [2.05, 4.69) is 10.5 Å². The van der Waals surface area contributed by atoms with Crippen LogP contribution in [0.25, 0.3) is 28.3 Å². The number of benzene rings is 2. The molecule has 0 unspecified atom stereocenters. The van der Waals surface area contributed by atoms with E-state index in [1.54, 1.807) is 6.08 Å². The zero-order valence-corrected chi connectivity index (χ0v) is 12.6. The van der Waals surface area contributed by atoms with E-state index < -0.39 is 0 Å². The Bertz CT molecular complexity index is 960. The third-order valence-electron chi connectivity index (χ3n) is 3.48. The van der Waals surface area contributed by atoms with E-state index in [1.807, 2.05) is 48.5 Å². The molecule has 1 N–H and O–H groups in total. The zero-order valence-electron chi connectivity index (χ0n) is 11.8. The summed E-state index contributed by atoms with van der Waals surface area (Å²) in [5.41, 5.74) is 2.49. The minimum Gasteiger partial charge on any atom is -0.355 e. The van der Waals surface area contributed by atoms with Crippen LogP contribution in [0.15, 0.2) is 58.0 Å². The first-order valence-corrected chi connectivity index (χ1v) is 7.72. The second-order valence-electron chi connectivity index (χ2n) is 5.01. The van der Waals surface area contributed by atoms with Gasteiger partial charge in [-0.1, -0.05) is 41.6 Å². The van der Waals surface area contributed by atoms with Crippen molar-refractivity contribution in [1.29, 1.82) is 0 Å². The number of hydrogen-bond acceptors (Lipinski definition) is 5. The van der Waals surface area contributed by atoms with Gasteiger partial charge in [0.05, 0.1) is 10.3 Å². The minimum absolute atomic E-state index is 0.350. The van der Waals surface area contributed by atoms with Gasteiger partial charge in [0.1, 0.15) is 5.52 Å². The van der Waals surface area contributed by atoms with Crippen molar-refractivity contribution in [3.63, 3.8) is 0 Å². The lowest BCUT2D eigenvalue weighted by Crippen LogP contribution is -2.17. The number of nitrogens with zero attached hydrogens (tertiary/aromatic N) is 1. The summed E-state index contributed by atoms with van der Waals surface area (Å²) in [6.45, 7) is 0. The van der Waals surface area contributed by atoms with Crippen molar-refractivity contribution < 1.29 is 14.1 Å². The Morgan fingerprint density at radius 1 is 1.09 bits per heavy atom. The molecule has 23 heavy (non-hydrogen) atoms. The summed E-state index contributed by atoms with van der Waals surface area (Å²) in [7, 11) is 0. The second kappa shape index (κ2) is 5.40. The van der Waals surface area contributed by atoms with Crippen molar-refractivity contribution in [2.75, 3.05) is 0 Å². The Kier molecular flexibility index (Phi) is 3.24. The molecule has 1 aliphatic rings. The van der Waals surface area contributed by atoms with Crippen LogP contribution >= 0.6 is 11.8 Å². The van der Waals surface area contributed by atoms with Gasteiger partial charge in [-0.15, -0.1) is 0 Å². The van der Waals surface area contributed by atoms with E-state index in [0.717, 1.165) is 33.8 Å². The van der Waals surface area contributed by atoms with Crippen LogP contribution in [-0.2, 0) is 4.79 Å². The SMILES string of the molecule is O=C1NC(=O)C(=Cc2ccc3noc(-c4ccccc4)c3c2)S1. The number of carbonyl (C=O) groups excluding carboxylic acids is 2. The average Bonchev–Trinajstić information content (AvgIpc) is 3.11. The number of fused-ring (bicyclic) bond motifs is 1. The number of carbonyl (C=O) groups is 2. The number of nitrogens with one attached hydrogen (secondary N) is 1. The molecule has 0 atom stereocenters. The minimum atomic E-state index is -0.367. The maximum absolute atomic E-state index is 11.6. The lowest BCUT2D eigenvalue weighted by atomic mass is 10.1. The summed E-state index contributed by atoms with van der Waals surface area (Å²) < 4.78 is 5.45. The molecule has 112 valence electrons. The predicted molar refractivity (Wildman–Crippen MR) is 88.6 cm³/mol. The number of amides is 2. The van der Waals surface area contributed by atoms with Crippen LogP contribution < -0.4 is 5.32 Å². The van der Waals surface area contributed by atoms with Gasteiger partial charge in [-0.3, -0.25) is 14.9 Å². The van der Waals surface area contributed by atoms with Gasteiger partial charge in [0.2, 0.25) is 0 Å². The lowest BCUT2D eigenvalue weighted by molar-refractivity contribution is -0.115. The largest absolute Gasteiger partial charge is 0.355 e. The molecule has 1 saturated heterocycles. The van der Waals surface area contributed by atoms with Gasteiger partial charge in [-0.05, 0) is 35.5 Å². The van der Waals surface area contributed by atoms with Gasteiger partial charge in [-0.25, -0.2) is 0 Å². The molecule has 0 radical (unpaired) electrons. The molecule has 0 bridgehead atoms. The maximum atomic E-state index is 11.6. The van der Waals surface area contributed by atoms with Crippen molar-refractivity contribution in [2.45, 2.75) is 0 Å². The van der Waals surface area contributed by atoms with Crippen LogP contribution in [-0.4, -0.2) is 16.3 Å². The van der Waals surface area contributed by atoms with E-state index in [9.17, 15) is 9.59 Å². The number of rotatable bonds is 2. The number of thioether (sulfide) groups is 1. The summed E-state index contributed by atoms with van der Waals surface area (Å²) in [6.07, 6.45) is 1.69. The highest BCUT2D eigenvalue weighted by atomic mass is 32.2. The fourth-order valence-corrected chi connectivity index (χ4v) is 3.10. The molecule has 4 rings (SSSR count). The van der Waals surface area contributed by atoms with Crippen LogP contribution in [0.4, 0.5) is 4.79 Å². The highest BCUT2D eigenvalue weighted by Crippen LogP contribution is 2.31. The Morgan fingerprint density at radius 3 is 2.65 bits per heavy atom. The van der Waals surface area contributed by atoms with Gasteiger partial charge in [0, 0.05) is 5.56 Å². The molecular formula is C17H10N2O3S. The van der Waals surface area contributed by atoms with Gasteiger partial charge in [0.15, 0.2) is 5.76 Å². The third kappa shape index (κ3) is 2.53. The molecule has 1 aromatic heterocycles. The van der Waals surface area contributed by atoms with E-state index >= 15 is 0 Å². The van der Waals surface area contributed by atoms with E-state index in [4.69, 9.17) is 4.52 Å². The van der Waals surface area contributed by atoms with E-state index in [1.165, 1.54) is 0 Å². The van der Waals surface area contributed by atoms with Gasteiger partial charge >= 0.3 is 0 Å². The molecule has 2 heterocycles. The smallest absolute Gasteiger partial charge is 0.290 e. The maximum Gasteiger partial charge on any atom is 0.290 e. The van der Waals surface area contributed by atoms with Crippen molar-refractivity contribution in [3.05, 3.63) is 59.0 Å². The quantitative estimate of drug-likeness (QED) is 0.726. The number of hydrogen-bond donors (Lipinski definition) is 1. The van der Waals surface area contributed by atoms with Crippen molar-refractivity contribution in [2.24, 2.45) is 0 Å². The summed E-state index contributed by atoms with van der Waals surface area (Å²) in [4.78, 5) is 23.3. The molecule has 0 aliphatic carbocycles. The Hall–Kier alpha value is -2.86. The molecular weight excluding hydrogens is 312 g/mol. The van der Waals surface area contributed by atoms with Crippen molar-refractivity contribution >= 4 is 39.9 Å². The van der Waals surface area contributed by atoms with Crippen LogP contribution in [0.5, 0.6) is 0 Å². The lowest BCUT2D eigenvalue weighted by Gasteiger charge is -1.98. The van der Waals surface area contributed by atoms with Crippen LogP contribution in [0, 0.1) is 0 Å². The Labute approximate surface area is 135 Å². The van der Waals surface area contributed by atoms with Gasteiger partial charge < -0.3 is 4.52 Å². The highest BCUT2D eigenvalue weighted by molar-refractivity contribution is 8.18. The monoisotopic (exact) mass is 322 g/mol. The predicted octanol–water partition coefficient (Wildman–Crippen LogP) is 3.82. The topological polar surface area (TPSA) is 72.2 Å². The molecule has 2 amide bonds. The summed E-state index contributed by atoms with van der Waals surface area (Å²) >= 11 is 0.899. The first-order chi connectivity index (χ1) is 11.2. The summed E-state index contributed by atoms with van der Waals surface area (Å²) in [6, 6.07) is 15.3. The summed E-state index contributed by atoms with van der Waals surface area (Å²) in [5.74, 6) is 0.314. The third-order valence-corrected chi connectivity index (χ3v) is 4.29. The van der Waals surface area contributed by atoms with Crippen LogP contribution in [0.3, 0.4) is 0 Å². The first kappa shape index (κ1) is 13.8. The zero-order chi connectivity index (χ0) is 15.8. The number of aromatic nitrogens is 1. The molecule has 2 aromatic carbocycles. The molecule has 6 heteroatoms. The molecule has 3 aromatic rings. The van der Waals surface area contributed by atoms with Crippen molar-refractivity contribution in [3.8, 4) is 11.3 Å². The fraction of sp³-hybridized carbons (Fsp3) is 0. The molecule has 5 nitrogen and oxygen atoms in total. The normalized spacial score (nSPS) is 16.3. The van der Waals surface area contributed by atoms with Crippen molar-refractivity contribution in [1.82, 2.24) is 10.5 Å². The molecule has 0 saturated carbocycles. The highest BCUT2D eigenvalue weighted by Gasteiger charge is 2.25. The van der Waals surface area contributed by atoms with Crippen LogP contribution in [0.1, 0.15) is 5.56 Å². The molecule has 0 spiro atoms.